The molecule has 0 aromatic rings. The van der Waals surface area contributed by atoms with Crippen LogP contribution < -0.4 is 5.32 Å². The highest BCUT2D eigenvalue weighted by Gasteiger charge is 2.34. The summed E-state index contributed by atoms with van der Waals surface area (Å²) in [6.45, 7) is 3.19. The number of nitrogens with zero attached hydrogens (tertiary/aromatic N) is 1. The maximum absolute atomic E-state index is 12.4. The molecule has 20 heavy (non-hydrogen) atoms. The summed E-state index contributed by atoms with van der Waals surface area (Å²) in [5, 5.41) is 11.2. The first-order valence-electron chi connectivity index (χ1n) is 6.42. The number of hydrogen-bond acceptors (Lipinski definition) is 2. The molecule has 0 aromatic carbocycles. The van der Waals surface area contributed by atoms with Crippen LogP contribution in [-0.2, 0) is 4.79 Å². The monoisotopic (exact) mass is 298 g/mol. The molecule has 5 nitrogen and oxygen atoms in total. The van der Waals surface area contributed by atoms with E-state index in [2.05, 4.69) is 5.32 Å². The van der Waals surface area contributed by atoms with Crippen LogP contribution in [0.25, 0.3) is 0 Å². The lowest BCUT2D eigenvalue weighted by atomic mass is 10.0. The van der Waals surface area contributed by atoms with Crippen molar-refractivity contribution >= 4 is 12.0 Å². The summed E-state index contributed by atoms with van der Waals surface area (Å²) in [6, 6.07) is -1.54. The van der Waals surface area contributed by atoms with E-state index in [1.54, 1.807) is 6.92 Å². The van der Waals surface area contributed by atoms with Crippen LogP contribution in [0, 0.1) is 5.92 Å². The van der Waals surface area contributed by atoms with Crippen LogP contribution in [0.1, 0.15) is 33.6 Å². The number of aliphatic carboxylic acids is 1. The Kier molecular flexibility index (Phi) is 7.38. The minimum Gasteiger partial charge on any atom is -0.481 e. The molecule has 0 fully saturated rings. The van der Waals surface area contributed by atoms with Crippen molar-refractivity contribution in [1.29, 1.82) is 0 Å². The van der Waals surface area contributed by atoms with Gasteiger partial charge in [-0.2, -0.15) is 13.2 Å². The van der Waals surface area contributed by atoms with Crippen LogP contribution in [0.15, 0.2) is 0 Å². The molecule has 0 heterocycles. The van der Waals surface area contributed by atoms with Crippen molar-refractivity contribution < 1.29 is 27.9 Å². The standard InChI is InChI=1S/C12H21F3N2O3/c1-4-5-9(10(18)19)6-16-11(20)17(8(2)3)7-12(13,14)15/h8-9H,4-7H2,1-3H3,(H,16,20)(H,18,19). The molecule has 2 N–H and O–H groups in total. The first-order chi connectivity index (χ1) is 9.08. The summed E-state index contributed by atoms with van der Waals surface area (Å²) in [5.74, 6) is -1.86. The Bertz CT molecular complexity index is 332. The van der Waals surface area contributed by atoms with E-state index in [-0.39, 0.29) is 6.54 Å². The van der Waals surface area contributed by atoms with Crippen LogP contribution >= 0.6 is 0 Å². The van der Waals surface area contributed by atoms with Crippen LogP contribution in [0.4, 0.5) is 18.0 Å². The number of hydrogen-bond donors (Lipinski definition) is 2. The number of urea groups is 1. The fourth-order valence-corrected chi connectivity index (χ4v) is 1.66. The van der Waals surface area contributed by atoms with Gasteiger partial charge in [0.25, 0.3) is 0 Å². The van der Waals surface area contributed by atoms with Gasteiger partial charge in [0.2, 0.25) is 0 Å². The quantitative estimate of drug-likeness (QED) is 0.758. The summed E-state index contributed by atoms with van der Waals surface area (Å²) in [5.41, 5.74) is 0. The highest BCUT2D eigenvalue weighted by atomic mass is 19.4. The zero-order valence-corrected chi connectivity index (χ0v) is 11.8. The van der Waals surface area contributed by atoms with Crippen LogP contribution in [0.2, 0.25) is 0 Å². The van der Waals surface area contributed by atoms with Gasteiger partial charge in [0.1, 0.15) is 6.54 Å². The number of rotatable bonds is 7. The highest BCUT2D eigenvalue weighted by molar-refractivity contribution is 5.76. The molecule has 0 aromatic heterocycles. The van der Waals surface area contributed by atoms with E-state index in [9.17, 15) is 22.8 Å². The van der Waals surface area contributed by atoms with Crippen LogP contribution in [0.5, 0.6) is 0 Å². The van der Waals surface area contributed by atoms with Crippen molar-refractivity contribution in [3.8, 4) is 0 Å². The van der Waals surface area contributed by atoms with E-state index in [1.807, 2.05) is 0 Å². The van der Waals surface area contributed by atoms with E-state index >= 15 is 0 Å². The molecule has 0 aliphatic rings. The van der Waals surface area contributed by atoms with Gasteiger partial charge in [-0.15, -0.1) is 0 Å². The number of carbonyl (C=O) groups is 2. The zero-order chi connectivity index (χ0) is 15.9. The third kappa shape index (κ3) is 7.20. The average molecular weight is 298 g/mol. The Morgan fingerprint density at radius 2 is 1.85 bits per heavy atom. The molecule has 0 spiro atoms. The molecule has 118 valence electrons. The molecule has 2 amide bonds. The van der Waals surface area contributed by atoms with Gasteiger partial charge < -0.3 is 15.3 Å². The van der Waals surface area contributed by atoms with Gasteiger partial charge in [-0.05, 0) is 20.3 Å². The maximum atomic E-state index is 12.4. The molecule has 0 bridgehead atoms. The van der Waals surface area contributed by atoms with E-state index in [0.29, 0.717) is 17.7 Å². The number of carboxylic acid groups (broad SMARTS) is 1. The summed E-state index contributed by atoms with van der Waals surface area (Å²) in [6.07, 6.45) is -3.52. The second kappa shape index (κ2) is 7.96. The fraction of sp³-hybridized carbons (Fsp3) is 0.833. The topological polar surface area (TPSA) is 69.6 Å². The minimum atomic E-state index is -4.49. The van der Waals surface area contributed by atoms with Gasteiger partial charge in [-0.3, -0.25) is 4.79 Å². The summed E-state index contributed by atoms with van der Waals surface area (Å²) in [4.78, 5) is 23.2. The SMILES string of the molecule is CCCC(CNC(=O)N(CC(F)(F)F)C(C)C)C(=O)O. The van der Waals surface area contributed by atoms with Gasteiger partial charge in [0.05, 0.1) is 5.92 Å². The second-order valence-electron chi connectivity index (χ2n) is 4.85. The lowest BCUT2D eigenvalue weighted by Gasteiger charge is -2.28. The van der Waals surface area contributed by atoms with E-state index in [1.165, 1.54) is 13.8 Å². The normalized spacial score (nSPS) is 13.2. The number of nitrogens with one attached hydrogen (secondary N) is 1. The maximum Gasteiger partial charge on any atom is 0.406 e. The molecule has 8 heteroatoms. The molecule has 1 atom stereocenters. The Morgan fingerprint density at radius 3 is 2.20 bits per heavy atom. The Morgan fingerprint density at radius 1 is 1.30 bits per heavy atom. The van der Waals surface area contributed by atoms with Crippen molar-refractivity contribution in [3.05, 3.63) is 0 Å². The minimum absolute atomic E-state index is 0.177. The van der Waals surface area contributed by atoms with Crippen LogP contribution in [0.3, 0.4) is 0 Å². The summed E-state index contributed by atoms with van der Waals surface area (Å²) >= 11 is 0. The molecular formula is C12H21F3N2O3. The Labute approximate surface area is 116 Å². The number of carbonyl (C=O) groups excluding carboxylic acids is 1. The highest BCUT2D eigenvalue weighted by Crippen LogP contribution is 2.18. The third-order valence-electron chi connectivity index (χ3n) is 2.72. The van der Waals surface area contributed by atoms with Gasteiger partial charge in [-0.25, -0.2) is 4.79 Å². The molecular weight excluding hydrogens is 277 g/mol. The average Bonchev–Trinajstić information content (AvgIpc) is 2.29. The molecule has 0 aliphatic heterocycles. The lowest BCUT2D eigenvalue weighted by molar-refractivity contribution is -0.144. The van der Waals surface area contributed by atoms with Crippen LogP contribution in [-0.4, -0.2) is 47.3 Å². The lowest BCUT2D eigenvalue weighted by Crippen LogP contribution is -2.49. The zero-order valence-electron chi connectivity index (χ0n) is 11.8. The number of amides is 2. The van der Waals surface area contributed by atoms with E-state index < -0.39 is 36.7 Å². The summed E-state index contributed by atoms with van der Waals surface area (Å²) in [7, 11) is 0. The first kappa shape index (κ1) is 18.5. The Balaban J connectivity index is 4.57. The largest absolute Gasteiger partial charge is 0.481 e. The van der Waals surface area contributed by atoms with Crippen molar-refractivity contribution in [3.63, 3.8) is 0 Å². The smallest absolute Gasteiger partial charge is 0.406 e. The van der Waals surface area contributed by atoms with Gasteiger partial charge in [0.15, 0.2) is 0 Å². The van der Waals surface area contributed by atoms with E-state index in [4.69, 9.17) is 5.11 Å². The van der Waals surface area contributed by atoms with Gasteiger partial charge in [-0.1, -0.05) is 13.3 Å². The predicted molar refractivity (Wildman–Crippen MR) is 67.3 cm³/mol. The first-order valence-corrected chi connectivity index (χ1v) is 6.42. The van der Waals surface area contributed by atoms with Crippen molar-refractivity contribution in [2.75, 3.05) is 13.1 Å². The van der Waals surface area contributed by atoms with Gasteiger partial charge >= 0.3 is 18.2 Å². The number of halogens is 3. The molecule has 0 rings (SSSR count). The number of alkyl halides is 3. The third-order valence-corrected chi connectivity index (χ3v) is 2.72. The van der Waals surface area contributed by atoms with Gasteiger partial charge in [0, 0.05) is 12.6 Å². The second-order valence-corrected chi connectivity index (χ2v) is 4.85. The number of carboxylic acids is 1. The Hall–Kier alpha value is -1.47. The molecule has 0 aliphatic carbocycles. The predicted octanol–water partition coefficient (Wildman–Crippen LogP) is 2.47. The fourth-order valence-electron chi connectivity index (χ4n) is 1.66. The molecule has 0 radical (unpaired) electrons. The van der Waals surface area contributed by atoms with Crippen molar-refractivity contribution in [2.45, 2.75) is 45.8 Å². The van der Waals surface area contributed by atoms with Crippen molar-refractivity contribution in [1.82, 2.24) is 10.2 Å². The van der Waals surface area contributed by atoms with E-state index in [0.717, 1.165) is 0 Å². The molecule has 1 unspecified atom stereocenters. The van der Waals surface area contributed by atoms with Crippen molar-refractivity contribution in [2.24, 2.45) is 5.92 Å². The molecule has 0 saturated heterocycles. The molecule has 0 saturated carbocycles. The summed E-state index contributed by atoms with van der Waals surface area (Å²) < 4.78 is 37.1.